The molecule has 1 heterocycles. The van der Waals surface area contributed by atoms with Crippen molar-refractivity contribution in [2.45, 2.75) is 49.6 Å². The van der Waals surface area contributed by atoms with E-state index in [1.807, 2.05) is 24.8 Å². The number of fused-ring (bicyclic) bond motifs is 1. The van der Waals surface area contributed by atoms with Crippen LogP contribution in [0.5, 0.6) is 5.75 Å². The van der Waals surface area contributed by atoms with E-state index in [1.54, 1.807) is 0 Å². The normalized spacial score (nSPS) is 21.3. The van der Waals surface area contributed by atoms with Crippen molar-refractivity contribution in [1.82, 2.24) is 5.32 Å². The predicted octanol–water partition coefficient (Wildman–Crippen LogP) is 5.07. The van der Waals surface area contributed by atoms with Crippen molar-refractivity contribution in [3.8, 4) is 5.75 Å². The Kier molecular flexibility index (Phi) is 7.84. The molecule has 0 aliphatic carbocycles. The lowest BCUT2D eigenvalue weighted by Crippen LogP contribution is -2.49. The number of nitrogens with zero attached hydrogens (tertiary/aromatic N) is 1. The Labute approximate surface area is 192 Å². The average molecular weight is 442 g/mol. The van der Waals surface area contributed by atoms with Crippen LogP contribution in [-0.2, 0) is 4.79 Å². The van der Waals surface area contributed by atoms with Gasteiger partial charge in [-0.1, -0.05) is 50.2 Å². The second kappa shape index (κ2) is 10.2. The van der Waals surface area contributed by atoms with Gasteiger partial charge in [0, 0.05) is 29.0 Å². The maximum atomic E-state index is 12.5. The Morgan fingerprint density at radius 2 is 1.90 bits per heavy atom. The minimum Gasteiger partial charge on any atom is -0.488 e. The first-order chi connectivity index (χ1) is 14.8. The third-order valence-electron chi connectivity index (χ3n) is 6.02. The van der Waals surface area contributed by atoms with Crippen LogP contribution >= 0.6 is 11.8 Å². The summed E-state index contributed by atoms with van der Waals surface area (Å²) in [6.45, 7) is 5.79. The first-order valence-corrected chi connectivity index (χ1v) is 12.3. The fourth-order valence-electron chi connectivity index (χ4n) is 3.89. The molecule has 5 heteroatoms. The molecule has 4 nitrogen and oxygen atoms in total. The van der Waals surface area contributed by atoms with Crippen molar-refractivity contribution in [2.24, 2.45) is 0 Å². The quantitative estimate of drug-likeness (QED) is 0.551. The SMILES string of the molecule is CCC(=O)C[C@@]1(CC)CSc2cc(OCC[N+](C)(C)C)ccc2[C@H](c2ccccc2)N1. The average Bonchev–Trinajstić information content (AvgIpc) is 2.91. The third kappa shape index (κ3) is 6.34. The summed E-state index contributed by atoms with van der Waals surface area (Å²) >= 11 is 1.85. The summed E-state index contributed by atoms with van der Waals surface area (Å²) in [6.07, 6.45) is 2.06. The Morgan fingerprint density at radius 1 is 1.16 bits per heavy atom. The van der Waals surface area contributed by atoms with Crippen LogP contribution in [-0.4, -0.2) is 55.9 Å². The molecule has 1 aliphatic rings. The number of carbonyl (C=O) groups excluding carboxylic acids is 1. The number of thioether (sulfide) groups is 1. The molecule has 0 saturated carbocycles. The molecule has 0 saturated heterocycles. The number of likely N-dealkylation sites (N-methyl/N-ethyl adjacent to an activating group) is 1. The second-order valence-electron chi connectivity index (χ2n) is 9.54. The van der Waals surface area contributed by atoms with Crippen LogP contribution in [0, 0.1) is 0 Å². The molecule has 2 atom stereocenters. The number of carbonyl (C=O) groups is 1. The molecule has 0 unspecified atom stereocenters. The highest BCUT2D eigenvalue weighted by atomic mass is 32.2. The third-order valence-corrected chi connectivity index (χ3v) is 7.38. The van der Waals surface area contributed by atoms with Crippen LogP contribution in [0.2, 0.25) is 0 Å². The van der Waals surface area contributed by atoms with Crippen LogP contribution in [0.1, 0.15) is 50.3 Å². The monoisotopic (exact) mass is 441 g/mol. The van der Waals surface area contributed by atoms with Crippen LogP contribution in [0.15, 0.2) is 53.4 Å². The van der Waals surface area contributed by atoms with Gasteiger partial charge in [-0.2, -0.15) is 0 Å². The topological polar surface area (TPSA) is 38.3 Å². The van der Waals surface area contributed by atoms with Crippen molar-refractivity contribution < 1.29 is 14.0 Å². The summed E-state index contributed by atoms with van der Waals surface area (Å²) in [6, 6.07) is 17.1. The summed E-state index contributed by atoms with van der Waals surface area (Å²) in [7, 11) is 6.52. The lowest BCUT2D eigenvalue weighted by molar-refractivity contribution is -0.870. The van der Waals surface area contributed by atoms with Gasteiger partial charge >= 0.3 is 0 Å². The first-order valence-electron chi connectivity index (χ1n) is 11.3. The maximum Gasteiger partial charge on any atom is 0.137 e. The number of hydrogen-bond acceptors (Lipinski definition) is 4. The van der Waals surface area contributed by atoms with E-state index in [9.17, 15) is 4.79 Å². The van der Waals surface area contributed by atoms with Crippen molar-refractivity contribution >= 4 is 17.5 Å². The lowest BCUT2D eigenvalue weighted by Gasteiger charge is -2.35. The largest absolute Gasteiger partial charge is 0.488 e. The minimum atomic E-state index is -0.220. The van der Waals surface area contributed by atoms with E-state index in [4.69, 9.17) is 4.74 Å². The fraction of sp³-hybridized carbons (Fsp3) is 0.500. The molecule has 1 N–H and O–H groups in total. The number of ketones is 1. The van der Waals surface area contributed by atoms with Crippen LogP contribution < -0.4 is 10.1 Å². The Balaban J connectivity index is 1.93. The molecule has 31 heavy (non-hydrogen) atoms. The molecule has 0 amide bonds. The van der Waals surface area contributed by atoms with E-state index < -0.39 is 0 Å². The molecular weight excluding hydrogens is 404 g/mol. The highest BCUT2D eigenvalue weighted by Crippen LogP contribution is 2.41. The van der Waals surface area contributed by atoms with Crippen molar-refractivity contribution in [2.75, 3.05) is 40.0 Å². The van der Waals surface area contributed by atoms with Gasteiger partial charge in [0.1, 0.15) is 24.7 Å². The van der Waals surface area contributed by atoms with E-state index in [1.165, 1.54) is 16.0 Å². The number of benzene rings is 2. The standard InChI is InChI=1S/C26H37N2O2S/c1-6-21(29)18-26(7-2)19-31-24-17-22(30-16-15-28(3,4)5)13-14-23(24)25(27-26)20-11-9-8-10-12-20/h8-14,17,25,27H,6-7,15-16,18-19H2,1-5H3/q+1/t25-,26-/m0/s1. The molecule has 168 valence electrons. The van der Waals surface area contributed by atoms with Crippen molar-refractivity contribution in [3.05, 3.63) is 59.7 Å². The Hall–Kier alpha value is -1.82. The summed E-state index contributed by atoms with van der Waals surface area (Å²) in [4.78, 5) is 13.7. The van der Waals surface area contributed by atoms with Gasteiger partial charge < -0.3 is 9.22 Å². The predicted molar refractivity (Wildman–Crippen MR) is 130 cm³/mol. The number of quaternary nitrogens is 1. The van der Waals surface area contributed by atoms with E-state index >= 15 is 0 Å². The molecule has 0 bridgehead atoms. The van der Waals surface area contributed by atoms with Crippen LogP contribution in [0.25, 0.3) is 0 Å². The van der Waals surface area contributed by atoms with Gasteiger partial charge in [-0.05, 0) is 29.7 Å². The first kappa shape index (κ1) is 23.8. The van der Waals surface area contributed by atoms with Gasteiger partial charge in [-0.15, -0.1) is 11.8 Å². The second-order valence-corrected chi connectivity index (χ2v) is 10.6. The molecule has 0 fully saturated rings. The summed E-state index contributed by atoms with van der Waals surface area (Å²) in [5.74, 6) is 2.10. The molecule has 0 radical (unpaired) electrons. The highest BCUT2D eigenvalue weighted by Gasteiger charge is 2.37. The van der Waals surface area contributed by atoms with E-state index in [0.717, 1.165) is 29.0 Å². The van der Waals surface area contributed by atoms with Crippen molar-refractivity contribution in [1.29, 1.82) is 0 Å². The molecule has 2 aromatic carbocycles. The molecule has 1 aliphatic heterocycles. The number of hydrogen-bond donors (Lipinski definition) is 1. The zero-order valence-electron chi connectivity index (χ0n) is 19.6. The smallest absolute Gasteiger partial charge is 0.137 e. The summed E-state index contributed by atoms with van der Waals surface area (Å²) < 4.78 is 6.97. The zero-order chi connectivity index (χ0) is 22.5. The van der Waals surface area contributed by atoms with Crippen LogP contribution in [0.3, 0.4) is 0 Å². The van der Waals surface area contributed by atoms with E-state index in [-0.39, 0.29) is 11.6 Å². The number of ether oxygens (including phenoxy) is 1. The van der Waals surface area contributed by atoms with Gasteiger partial charge in [0.05, 0.1) is 27.2 Å². The fourth-order valence-corrected chi connectivity index (χ4v) is 5.26. The summed E-state index contributed by atoms with van der Waals surface area (Å²) in [5, 5.41) is 3.91. The van der Waals surface area contributed by atoms with Crippen LogP contribution in [0.4, 0.5) is 0 Å². The Morgan fingerprint density at radius 3 is 2.55 bits per heavy atom. The zero-order valence-corrected chi connectivity index (χ0v) is 20.4. The van der Waals surface area contributed by atoms with Gasteiger partial charge in [0.2, 0.25) is 0 Å². The van der Waals surface area contributed by atoms with Crippen molar-refractivity contribution in [3.63, 3.8) is 0 Å². The van der Waals surface area contributed by atoms with E-state index in [0.29, 0.717) is 25.2 Å². The number of nitrogens with one attached hydrogen (secondary N) is 1. The highest BCUT2D eigenvalue weighted by molar-refractivity contribution is 7.99. The molecule has 3 rings (SSSR count). The summed E-state index contributed by atoms with van der Waals surface area (Å²) in [5.41, 5.74) is 2.27. The molecule has 2 aromatic rings. The Bertz CT molecular complexity index is 879. The maximum absolute atomic E-state index is 12.5. The minimum absolute atomic E-state index is 0.0519. The van der Waals surface area contributed by atoms with Gasteiger partial charge in [-0.3, -0.25) is 10.1 Å². The molecule has 0 aromatic heterocycles. The van der Waals surface area contributed by atoms with Gasteiger partial charge in [0.15, 0.2) is 0 Å². The number of Topliss-reactive ketones (excluding diaryl/α,β-unsaturated/α-hetero) is 1. The van der Waals surface area contributed by atoms with Gasteiger partial charge in [0.25, 0.3) is 0 Å². The van der Waals surface area contributed by atoms with Gasteiger partial charge in [-0.25, -0.2) is 0 Å². The lowest BCUT2D eigenvalue weighted by atomic mass is 9.87. The number of rotatable bonds is 9. The molecular formula is C26H37N2O2S+. The molecule has 0 spiro atoms. The van der Waals surface area contributed by atoms with E-state index in [2.05, 4.69) is 75.8 Å².